The Morgan fingerprint density at radius 3 is 1.69 bits per heavy atom. The zero-order chi connectivity index (χ0) is 18.2. The van der Waals surface area contributed by atoms with Crippen molar-refractivity contribution < 1.29 is 14.3 Å². The maximum Gasteiger partial charge on any atom is 0.338 e. The van der Waals surface area contributed by atoms with Crippen LogP contribution in [-0.2, 0) is 9.53 Å². The molecule has 0 atom stereocenters. The lowest BCUT2D eigenvalue weighted by Crippen LogP contribution is -2.33. The fraction of sp³-hybridized carbons (Fsp3) is 0.0909. The maximum absolute atomic E-state index is 12.3. The van der Waals surface area contributed by atoms with Gasteiger partial charge in [-0.3, -0.25) is 4.79 Å². The molecule has 0 bridgehead atoms. The van der Waals surface area contributed by atoms with Gasteiger partial charge in [-0.1, -0.05) is 78.9 Å². The van der Waals surface area contributed by atoms with Crippen LogP contribution in [0.5, 0.6) is 0 Å². The van der Waals surface area contributed by atoms with Crippen molar-refractivity contribution in [3.05, 3.63) is 108 Å². The third-order valence-electron chi connectivity index (χ3n) is 3.91. The van der Waals surface area contributed by atoms with E-state index in [1.807, 2.05) is 66.7 Å². The zero-order valence-corrected chi connectivity index (χ0v) is 14.2. The molecule has 3 aromatic rings. The largest absolute Gasteiger partial charge is 0.452 e. The van der Waals surface area contributed by atoms with E-state index < -0.39 is 5.97 Å². The normalized spacial score (nSPS) is 10.3. The molecule has 1 N–H and O–H groups in total. The van der Waals surface area contributed by atoms with Crippen LogP contribution >= 0.6 is 0 Å². The van der Waals surface area contributed by atoms with Gasteiger partial charge in [-0.25, -0.2) is 4.79 Å². The molecule has 0 aliphatic rings. The predicted molar refractivity (Wildman–Crippen MR) is 99.6 cm³/mol. The van der Waals surface area contributed by atoms with Crippen molar-refractivity contribution in [2.75, 3.05) is 6.61 Å². The third-order valence-corrected chi connectivity index (χ3v) is 3.91. The summed E-state index contributed by atoms with van der Waals surface area (Å²) < 4.78 is 5.11. The van der Waals surface area contributed by atoms with Crippen LogP contribution in [0.25, 0.3) is 0 Å². The molecule has 0 aliphatic carbocycles. The summed E-state index contributed by atoms with van der Waals surface area (Å²) in [5, 5.41) is 2.94. The fourth-order valence-electron chi connectivity index (χ4n) is 2.64. The second-order valence-corrected chi connectivity index (χ2v) is 5.76. The van der Waals surface area contributed by atoms with E-state index >= 15 is 0 Å². The average Bonchev–Trinajstić information content (AvgIpc) is 2.72. The Labute approximate surface area is 152 Å². The Hall–Kier alpha value is -3.40. The van der Waals surface area contributed by atoms with Crippen LogP contribution in [0.1, 0.15) is 27.5 Å². The van der Waals surface area contributed by atoms with Gasteiger partial charge in [0.1, 0.15) is 0 Å². The number of amides is 1. The highest BCUT2D eigenvalue weighted by Crippen LogP contribution is 2.21. The van der Waals surface area contributed by atoms with Gasteiger partial charge in [-0.2, -0.15) is 0 Å². The van der Waals surface area contributed by atoms with Gasteiger partial charge < -0.3 is 10.1 Å². The molecule has 0 aromatic heterocycles. The minimum Gasteiger partial charge on any atom is -0.452 e. The summed E-state index contributed by atoms with van der Waals surface area (Å²) in [6.07, 6.45) is 0. The van der Waals surface area contributed by atoms with Gasteiger partial charge in [0.2, 0.25) is 0 Å². The van der Waals surface area contributed by atoms with Crippen molar-refractivity contribution in [1.82, 2.24) is 5.32 Å². The van der Waals surface area contributed by atoms with Gasteiger partial charge in [0.05, 0.1) is 11.6 Å². The number of carbonyl (C=O) groups excluding carboxylic acids is 2. The number of esters is 1. The van der Waals surface area contributed by atoms with Gasteiger partial charge in [0.25, 0.3) is 5.91 Å². The highest BCUT2D eigenvalue weighted by molar-refractivity contribution is 5.91. The van der Waals surface area contributed by atoms with E-state index in [0.717, 1.165) is 11.1 Å². The molecular weight excluding hydrogens is 326 g/mol. The zero-order valence-electron chi connectivity index (χ0n) is 14.2. The van der Waals surface area contributed by atoms with E-state index in [2.05, 4.69) is 5.32 Å². The number of nitrogens with one attached hydrogen (secondary N) is 1. The molecule has 0 unspecified atom stereocenters. The van der Waals surface area contributed by atoms with Gasteiger partial charge in [-0.15, -0.1) is 0 Å². The Morgan fingerprint density at radius 2 is 1.19 bits per heavy atom. The highest BCUT2D eigenvalue weighted by atomic mass is 16.5. The number of rotatable bonds is 6. The molecule has 1 amide bonds. The first-order valence-corrected chi connectivity index (χ1v) is 8.35. The highest BCUT2D eigenvalue weighted by Gasteiger charge is 2.17. The summed E-state index contributed by atoms with van der Waals surface area (Å²) in [5.74, 6) is -0.872. The van der Waals surface area contributed by atoms with E-state index in [1.165, 1.54) is 0 Å². The monoisotopic (exact) mass is 345 g/mol. The molecule has 0 saturated heterocycles. The first-order valence-electron chi connectivity index (χ1n) is 8.35. The summed E-state index contributed by atoms with van der Waals surface area (Å²) in [4.78, 5) is 24.3. The molecule has 4 nitrogen and oxygen atoms in total. The summed E-state index contributed by atoms with van der Waals surface area (Å²) in [6, 6.07) is 27.7. The van der Waals surface area contributed by atoms with E-state index in [4.69, 9.17) is 4.74 Å². The molecule has 0 spiro atoms. The second-order valence-electron chi connectivity index (χ2n) is 5.76. The Morgan fingerprint density at radius 1 is 0.731 bits per heavy atom. The average molecular weight is 345 g/mol. The standard InChI is InChI=1S/C22H19NO3/c24-20(16-26-22(25)19-14-8-3-9-15-19)23-21(17-10-4-1-5-11-17)18-12-6-2-7-13-18/h1-15,21H,16H2,(H,23,24). The van der Waals surface area contributed by atoms with Crippen molar-refractivity contribution in [2.24, 2.45) is 0 Å². The van der Waals surface area contributed by atoms with Crippen LogP contribution in [0.3, 0.4) is 0 Å². The lowest BCUT2D eigenvalue weighted by atomic mass is 9.99. The van der Waals surface area contributed by atoms with Gasteiger partial charge in [-0.05, 0) is 23.3 Å². The minimum absolute atomic E-state index is 0.305. The maximum atomic E-state index is 12.3. The lowest BCUT2D eigenvalue weighted by Gasteiger charge is -2.20. The van der Waals surface area contributed by atoms with Crippen molar-refractivity contribution in [1.29, 1.82) is 0 Å². The molecule has 4 heteroatoms. The Balaban J connectivity index is 1.67. The van der Waals surface area contributed by atoms with Crippen LogP contribution < -0.4 is 5.32 Å². The van der Waals surface area contributed by atoms with E-state index in [1.54, 1.807) is 24.3 Å². The van der Waals surface area contributed by atoms with Crippen LogP contribution in [0.15, 0.2) is 91.0 Å². The number of hydrogen-bond donors (Lipinski definition) is 1. The predicted octanol–water partition coefficient (Wildman–Crippen LogP) is 3.75. The van der Waals surface area contributed by atoms with Gasteiger partial charge >= 0.3 is 5.97 Å². The lowest BCUT2D eigenvalue weighted by molar-refractivity contribution is -0.124. The molecule has 0 aliphatic heterocycles. The summed E-state index contributed by atoms with van der Waals surface area (Å²) >= 11 is 0. The Bertz CT molecular complexity index is 809. The van der Waals surface area contributed by atoms with Crippen molar-refractivity contribution in [3.8, 4) is 0 Å². The smallest absolute Gasteiger partial charge is 0.338 e. The number of carbonyl (C=O) groups is 2. The second kappa shape index (κ2) is 8.62. The molecule has 0 heterocycles. The SMILES string of the molecule is O=C(COC(=O)c1ccccc1)NC(c1ccccc1)c1ccccc1. The first kappa shape index (κ1) is 17.4. The minimum atomic E-state index is -0.517. The first-order chi connectivity index (χ1) is 12.7. The third kappa shape index (κ3) is 4.57. The molecule has 3 aromatic carbocycles. The van der Waals surface area contributed by atoms with Crippen molar-refractivity contribution in [3.63, 3.8) is 0 Å². The fourth-order valence-corrected chi connectivity index (χ4v) is 2.64. The van der Waals surface area contributed by atoms with Crippen LogP contribution in [0, 0.1) is 0 Å². The van der Waals surface area contributed by atoms with Crippen LogP contribution in [0.2, 0.25) is 0 Å². The molecule has 3 rings (SSSR count). The number of hydrogen-bond acceptors (Lipinski definition) is 3. The van der Waals surface area contributed by atoms with Crippen LogP contribution in [0.4, 0.5) is 0 Å². The van der Waals surface area contributed by atoms with E-state index in [0.29, 0.717) is 5.56 Å². The molecule has 130 valence electrons. The number of benzene rings is 3. The molecule has 0 fully saturated rings. The number of ether oxygens (including phenoxy) is 1. The van der Waals surface area contributed by atoms with Crippen LogP contribution in [-0.4, -0.2) is 18.5 Å². The summed E-state index contributed by atoms with van der Waals surface area (Å²) in [6.45, 7) is -0.329. The summed E-state index contributed by atoms with van der Waals surface area (Å²) in [7, 11) is 0. The van der Waals surface area contributed by atoms with E-state index in [9.17, 15) is 9.59 Å². The van der Waals surface area contributed by atoms with E-state index in [-0.39, 0.29) is 18.6 Å². The van der Waals surface area contributed by atoms with Crippen molar-refractivity contribution in [2.45, 2.75) is 6.04 Å². The topological polar surface area (TPSA) is 55.4 Å². The molecule has 0 radical (unpaired) electrons. The molecular formula is C22H19NO3. The van der Waals surface area contributed by atoms with Gasteiger partial charge in [0, 0.05) is 0 Å². The quantitative estimate of drug-likeness (QED) is 0.692. The Kier molecular flexibility index (Phi) is 5.78. The van der Waals surface area contributed by atoms with Gasteiger partial charge in [0.15, 0.2) is 6.61 Å². The molecule has 26 heavy (non-hydrogen) atoms. The molecule has 0 saturated carbocycles. The summed E-state index contributed by atoms with van der Waals surface area (Å²) in [5.41, 5.74) is 2.34. The van der Waals surface area contributed by atoms with Crippen molar-refractivity contribution >= 4 is 11.9 Å².